The van der Waals surface area contributed by atoms with Gasteiger partial charge in [-0.1, -0.05) is 19.9 Å². The van der Waals surface area contributed by atoms with Gasteiger partial charge in [0.2, 0.25) is 0 Å². The van der Waals surface area contributed by atoms with Crippen molar-refractivity contribution in [3.05, 3.63) is 23.8 Å². The van der Waals surface area contributed by atoms with E-state index in [1.165, 1.54) is 5.56 Å². The number of anilines is 1. The first kappa shape index (κ1) is 11.3. The van der Waals surface area contributed by atoms with Gasteiger partial charge in [0.1, 0.15) is 11.9 Å². The minimum Gasteiger partial charge on any atom is -0.484 e. The molecule has 2 unspecified atom stereocenters. The molecule has 2 N–H and O–H groups in total. The molecule has 1 aliphatic heterocycles. The van der Waals surface area contributed by atoms with E-state index >= 15 is 0 Å². The van der Waals surface area contributed by atoms with Gasteiger partial charge < -0.3 is 15.2 Å². The highest BCUT2D eigenvalue weighted by Crippen LogP contribution is 2.33. The summed E-state index contributed by atoms with van der Waals surface area (Å²) < 4.78 is 5.72. The highest BCUT2D eigenvalue weighted by atomic mass is 16.5. The molecule has 0 bridgehead atoms. The summed E-state index contributed by atoms with van der Waals surface area (Å²) in [5.41, 5.74) is 2.33. The van der Waals surface area contributed by atoms with Gasteiger partial charge in [-0.2, -0.15) is 0 Å². The fraction of sp³-hybridized carbons (Fsp3) is 0.538. The lowest BCUT2D eigenvalue weighted by Gasteiger charge is -2.32. The molecule has 1 aromatic carbocycles. The van der Waals surface area contributed by atoms with Crippen LogP contribution in [0.1, 0.15) is 32.3 Å². The van der Waals surface area contributed by atoms with Crippen molar-refractivity contribution in [2.24, 2.45) is 0 Å². The molecular formula is C13H19NO2. The Hall–Kier alpha value is -1.22. The second-order valence-electron chi connectivity index (χ2n) is 4.68. The van der Waals surface area contributed by atoms with Crippen molar-refractivity contribution in [2.75, 3.05) is 11.9 Å². The van der Waals surface area contributed by atoms with Gasteiger partial charge in [0, 0.05) is 0 Å². The van der Waals surface area contributed by atoms with Gasteiger partial charge in [0.25, 0.3) is 0 Å². The number of fused-ring (bicyclic) bond motifs is 1. The number of rotatable bonds is 2. The average molecular weight is 221 g/mol. The minimum absolute atomic E-state index is 0.0412. The average Bonchev–Trinajstić information content (AvgIpc) is 2.27. The van der Waals surface area contributed by atoms with Crippen molar-refractivity contribution in [3.63, 3.8) is 0 Å². The molecule has 1 aliphatic rings. The van der Waals surface area contributed by atoms with Crippen molar-refractivity contribution < 1.29 is 9.84 Å². The first-order valence-corrected chi connectivity index (χ1v) is 5.80. The van der Waals surface area contributed by atoms with E-state index in [9.17, 15) is 0 Å². The molecule has 3 heteroatoms. The first-order chi connectivity index (χ1) is 7.61. The number of benzene rings is 1. The Morgan fingerprint density at radius 2 is 2.19 bits per heavy atom. The maximum atomic E-state index is 9.16. The molecule has 0 fully saturated rings. The largest absolute Gasteiger partial charge is 0.484 e. The smallest absolute Gasteiger partial charge is 0.143 e. The Labute approximate surface area is 96.4 Å². The number of nitrogens with one attached hydrogen (secondary N) is 1. The van der Waals surface area contributed by atoms with E-state index < -0.39 is 0 Å². The summed E-state index contributed by atoms with van der Waals surface area (Å²) in [6.07, 6.45) is -0.155. The Balaban J connectivity index is 2.29. The van der Waals surface area contributed by atoms with Gasteiger partial charge in [-0.25, -0.2) is 0 Å². The molecule has 0 amide bonds. The van der Waals surface area contributed by atoms with E-state index in [0.29, 0.717) is 5.92 Å². The highest BCUT2D eigenvalue weighted by molar-refractivity contribution is 5.60. The van der Waals surface area contributed by atoms with Crippen LogP contribution >= 0.6 is 0 Å². The molecule has 16 heavy (non-hydrogen) atoms. The van der Waals surface area contributed by atoms with Crippen molar-refractivity contribution in [3.8, 4) is 5.75 Å². The van der Waals surface area contributed by atoms with Crippen molar-refractivity contribution in [1.82, 2.24) is 0 Å². The monoisotopic (exact) mass is 221 g/mol. The van der Waals surface area contributed by atoms with E-state index in [4.69, 9.17) is 9.84 Å². The predicted octanol–water partition coefficient (Wildman–Crippen LogP) is 2.36. The third-order valence-electron chi connectivity index (χ3n) is 3.07. The Morgan fingerprint density at radius 3 is 2.81 bits per heavy atom. The lowest BCUT2D eigenvalue weighted by Crippen LogP contribution is -2.41. The minimum atomic E-state index is -0.155. The summed E-state index contributed by atoms with van der Waals surface area (Å²) in [4.78, 5) is 0. The van der Waals surface area contributed by atoms with Crippen LogP contribution in [0, 0.1) is 0 Å². The zero-order chi connectivity index (χ0) is 11.7. The van der Waals surface area contributed by atoms with E-state index in [1.807, 2.05) is 13.0 Å². The molecule has 2 atom stereocenters. The van der Waals surface area contributed by atoms with Crippen molar-refractivity contribution >= 4 is 5.69 Å². The van der Waals surface area contributed by atoms with Crippen LogP contribution in [0.4, 0.5) is 5.69 Å². The van der Waals surface area contributed by atoms with Crippen LogP contribution in [0.25, 0.3) is 0 Å². The summed E-state index contributed by atoms with van der Waals surface area (Å²) in [5.74, 6) is 1.35. The summed E-state index contributed by atoms with van der Waals surface area (Å²) in [5, 5.41) is 12.5. The van der Waals surface area contributed by atoms with Crippen LogP contribution in [-0.4, -0.2) is 23.9 Å². The fourth-order valence-electron chi connectivity index (χ4n) is 1.92. The van der Waals surface area contributed by atoms with Crippen molar-refractivity contribution in [1.29, 1.82) is 0 Å². The van der Waals surface area contributed by atoms with Gasteiger partial charge in [0.05, 0.1) is 18.3 Å². The molecule has 88 valence electrons. The molecule has 0 aliphatic carbocycles. The van der Waals surface area contributed by atoms with Crippen molar-refractivity contribution in [2.45, 2.75) is 38.8 Å². The molecule has 0 spiro atoms. The summed E-state index contributed by atoms with van der Waals surface area (Å²) >= 11 is 0. The maximum Gasteiger partial charge on any atom is 0.143 e. The topological polar surface area (TPSA) is 41.5 Å². The second kappa shape index (κ2) is 4.34. The third kappa shape index (κ3) is 2.00. The first-order valence-electron chi connectivity index (χ1n) is 5.80. The summed E-state index contributed by atoms with van der Waals surface area (Å²) in [7, 11) is 0. The quantitative estimate of drug-likeness (QED) is 0.805. The Morgan fingerprint density at radius 1 is 1.44 bits per heavy atom. The molecule has 0 aromatic heterocycles. The molecular weight excluding hydrogens is 202 g/mol. The lowest BCUT2D eigenvalue weighted by molar-refractivity contribution is 0.0977. The molecule has 1 aromatic rings. The van der Waals surface area contributed by atoms with Crippen LogP contribution < -0.4 is 10.1 Å². The Bertz CT molecular complexity index is 376. The van der Waals surface area contributed by atoms with Gasteiger partial charge in [-0.05, 0) is 30.5 Å². The Kier molecular flexibility index (Phi) is 3.06. The number of hydrogen-bond donors (Lipinski definition) is 2. The zero-order valence-corrected chi connectivity index (χ0v) is 10.0. The van der Waals surface area contributed by atoms with E-state index in [0.717, 1.165) is 11.4 Å². The predicted molar refractivity (Wildman–Crippen MR) is 65.1 cm³/mol. The molecule has 0 saturated carbocycles. The summed E-state index contributed by atoms with van der Waals surface area (Å²) in [6.45, 7) is 6.40. The molecule has 2 rings (SSSR count). The summed E-state index contributed by atoms with van der Waals surface area (Å²) in [6, 6.07) is 6.33. The fourth-order valence-corrected chi connectivity index (χ4v) is 1.92. The lowest BCUT2D eigenvalue weighted by atomic mass is 10.0. The van der Waals surface area contributed by atoms with E-state index in [2.05, 4.69) is 31.3 Å². The zero-order valence-electron chi connectivity index (χ0n) is 10.0. The number of ether oxygens (including phenoxy) is 1. The number of aliphatic hydroxyl groups is 1. The second-order valence-corrected chi connectivity index (χ2v) is 4.68. The highest BCUT2D eigenvalue weighted by Gasteiger charge is 2.25. The van der Waals surface area contributed by atoms with Crippen LogP contribution in [0.5, 0.6) is 5.75 Å². The van der Waals surface area contributed by atoms with Gasteiger partial charge >= 0.3 is 0 Å². The standard InChI is InChI=1S/C13H19NO2/c1-8(2)10-4-5-12-11(6-10)14-9(3)13(7-15)16-12/h4-6,8-9,13-15H,7H2,1-3H3. The SMILES string of the molecule is CC(C)c1ccc2c(c1)NC(C)C(CO)O2. The van der Waals surface area contributed by atoms with Gasteiger partial charge in [-0.3, -0.25) is 0 Å². The number of hydrogen-bond acceptors (Lipinski definition) is 3. The number of aliphatic hydroxyl groups excluding tert-OH is 1. The maximum absolute atomic E-state index is 9.16. The molecule has 0 saturated heterocycles. The van der Waals surface area contributed by atoms with Gasteiger partial charge in [-0.15, -0.1) is 0 Å². The van der Waals surface area contributed by atoms with E-state index in [-0.39, 0.29) is 18.8 Å². The van der Waals surface area contributed by atoms with Crippen LogP contribution in [0.15, 0.2) is 18.2 Å². The third-order valence-corrected chi connectivity index (χ3v) is 3.07. The van der Waals surface area contributed by atoms with Crippen LogP contribution in [0.2, 0.25) is 0 Å². The normalized spacial score (nSPS) is 23.6. The van der Waals surface area contributed by atoms with E-state index in [1.54, 1.807) is 0 Å². The van der Waals surface area contributed by atoms with Crippen LogP contribution in [0.3, 0.4) is 0 Å². The molecule has 0 radical (unpaired) electrons. The molecule has 1 heterocycles. The molecule has 3 nitrogen and oxygen atoms in total. The van der Waals surface area contributed by atoms with Crippen LogP contribution in [-0.2, 0) is 0 Å². The van der Waals surface area contributed by atoms with Gasteiger partial charge in [0.15, 0.2) is 0 Å².